The molecule has 0 spiro atoms. The second kappa shape index (κ2) is 7.99. The second-order valence-corrected chi connectivity index (χ2v) is 6.35. The minimum absolute atomic E-state index is 0.209. The zero-order valence-corrected chi connectivity index (χ0v) is 13.7. The molecule has 2 N–H and O–H groups in total. The molecule has 1 fully saturated rings. The zero-order valence-electron chi connectivity index (χ0n) is 13.0. The summed E-state index contributed by atoms with van der Waals surface area (Å²) in [6.07, 6.45) is 0. The van der Waals surface area contributed by atoms with Crippen LogP contribution in [0.3, 0.4) is 0 Å². The van der Waals surface area contributed by atoms with Crippen LogP contribution in [-0.4, -0.2) is 56.4 Å². The van der Waals surface area contributed by atoms with Crippen LogP contribution < -0.4 is 10.2 Å². The van der Waals surface area contributed by atoms with Gasteiger partial charge in [0.05, 0.1) is 0 Å². The number of aliphatic hydroxyl groups excluding tert-OH is 1. The normalized spacial score (nSPS) is 18.0. The summed E-state index contributed by atoms with van der Waals surface area (Å²) in [4.78, 5) is 4.76. The molecule has 0 aliphatic carbocycles. The average molecular weight is 312 g/mol. The first-order valence-electron chi connectivity index (χ1n) is 7.64. The lowest BCUT2D eigenvalue weighted by Gasteiger charge is -2.35. The van der Waals surface area contributed by atoms with Crippen molar-refractivity contribution in [1.82, 2.24) is 10.2 Å². The first-order valence-corrected chi connectivity index (χ1v) is 8.02. The van der Waals surface area contributed by atoms with Gasteiger partial charge in [-0.2, -0.15) is 0 Å². The lowest BCUT2D eigenvalue weighted by atomic mass is 10.1. The van der Waals surface area contributed by atoms with Crippen LogP contribution in [0.25, 0.3) is 0 Å². The zero-order chi connectivity index (χ0) is 15.2. The van der Waals surface area contributed by atoms with Crippen LogP contribution in [0, 0.1) is 5.92 Å². The maximum absolute atomic E-state index is 9.09. The number of nitrogens with zero attached hydrogens (tertiary/aromatic N) is 2. The van der Waals surface area contributed by atoms with E-state index in [0.29, 0.717) is 0 Å². The van der Waals surface area contributed by atoms with Gasteiger partial charge in [-0.3, -0.25) is 0 Å². The fraction of sp³-hybridized carbons (Fsp3) is 0.625. The van der Waals surface area contributed by atoms with Gasteiger partial charge in [0.15, 0.2) is 0 Å². The van der Waals surface area contributed by atoms with Crippen LogP contribution in [-0.2, 0) is 6.54 Å². The number of hydrogen-bond acceptors (Lipinski definition) is 4. The van der Waals surface area contributed by atoms with Gasteiger partial charge >= 0.3 is 0 Å². The summed E-state index contributed by atoms with van der Waals surface area (Å²) < 4.78 is 0. The Hall–Kier alpha value is -0.810. The summed E-state index contributed by atoms with van der Waals surface area (Å²) in [6.45, 7) is 8.02. The van der Waals surface area contributed by atoms with E-state index < -0.39 is 0 Å². The molecule has 1 saturated heterocycles. The Morgan fingerprint density at radius 1 is 1.29 bits per heavy atom. The molecule has 21 heavy (non-hydrogen) atoms. The predicted octanol–water partition coefficient (Wildman–Crippen LogP) is 1.81. The molecular weight excluding hydrogens is 286 g/mol. The molecule has 1 aromatic rings. The summed E-state index contributed by atoms with van der Waals surface area (Å²) in [5.41, 5.74) is 2.40. The molecule has 5 heteroatoms. The maximum Gasteiger partial charge on any atom is 0.0471 e. The molecule has 118 valence electrons. The minimum Gasteiger partial charge on any atom is -0.396 e. The Labute approximate surface area is 132 Å². The highest BCUT2D eigenvalue weighted by Gasteiger charge is 2.18. The van der Waals surface area contributed by atoms with E-state index in [0.717, 1.165) is 49.9 Å². The number of hydrogen-bond donors (Lipinski definition) is 2. The molecule has 1 aromatic carbocycles. The molecule has 4 nitrogen and oxygen atoms in total. The van der Waals surface area contributed by atoms with Gasteiger partial charge in [-0.05, 0) is 25.1 Å². The first-order chi connectivity index (χ1) is 10.1. The number of nitrogens with one attached hydrogen (secondary N) is 1. The van der Waals surface area contributed by atoms with Crippen molar-refractivity contribution in [1.29, 1.82) is 0 Å². The number of aliphatic hydroxyl groups is 1. The van der Waals surface area contributed by atoms with Crippen molar-refractivity contribution in [3.05, 3.63) is 28.8 Å². The van der Waals surface area contributed by atoms with Crippen LogP contribution in [0.4, 0.5) is 5.69 Å². The van der Waals surface area contributed by atoms with Gasteiger partial charge in [0, 0.05) is 62.1 Å². The molecule has 0 radical (unpaired) electrons. The fourth-order valence-electron chi connectivity index (χ4n) is 2.57. The lowest BCUT2D eigenvalue weighted by Crippen LogP contribution is -2.45. The smallest absolute Gasteiger partial charge is 0.0471 e. The number of halogens is 1. The molecule has 1 atom stereocenters. The van der Waals surface area contributed by atoms with Crippen molar-refractivity contribution in [3.63, 3.8) is 0 Å². The molecular formula is C16H26ClN3O. The molecule has 0 saturated carbocycles. The van der Waals surface area contributed by atoms with Gasteiger partial charge in [0.25, 0.3) is 0 Å². The topological polar surface area (TPSA) is 38.7 Å². The Balaban J connectivity index is 2.05. The Morgan fingerprint density at radius 3 is 2.67 bits per heavy atom. The predicted molar refractivity (Wildman–Crippen MR) is 89.1 cm³/mol. The van der Waals surface area contributed by atoms with Gasteiger partial charge in [0.2, 0.25) is 0 Å². The monoisotopic (exact) mass is 311 g/mol. The van der Waals surface area contributed by atoms with Crippen LogP contribution in [0.15, 0.2) is 18.2 Å². The van der Waals surface area contributed by atoms with E-state index in [9.17, 15) is 0 Å². The first kappa shape index (κ1) is 16.6. The quantitative estimate of drug-likeness (QED) is 0.840. The van der Waals surface area contributed by atoms with Gasteiger partial charge in [-0.15, -0.1) is 0 Å². The van der Waals surface area contributed by atoms with Crippen molar-refractivity contribution >= 4 is 17.3 Å². The molecule has 1 aliphatic rings. The highest BCUT2D eigenvalue weighted by atomic mass is 35.5. The van der Waals surface area contributed by atoms with Crippen molar-refractivity contribution < 1.29 is 5.11 Å². The SMILES string of the molecule is CC(CO)CNCc1c(Cl)cccc1N1CCN(C)CC1. The Bertz CT molecular complexity index is 447. The van der Waals surface area contributed by atoms with Gasteiger partial charge < -0.3 is 20.2 Å². The molecule has 0 aromatic heterocycles. The summed E-state index contributed by atoms with van der Waals surface area (Å²) >= 11 is 6.40. The standard InChI is InChI=1S/C16H26ClN3O/c1-13(12-21)10-18-11-14-15(17)4-3-5-16(14)20-8-6-19(2)7-9-20/h3-5,13,18,21H,6-12H2,1-2H3. The van der Waals surface area contributed by atoms with Crippen molar-refractivity contribution in [2.75, 3.05) is 51.3 Å². The van der Waals surface area contributed by atoms with Gasteiger partial charge in [-0.25, -0.2) is 0 Å². The molecule has 1 heterocycles. The number of anilines is 1. The van der Waals surface area contributed by atoms with Crippen molar-refractivity contribution in [2.24, 2.45) is 5.92 Å². The number of piperazine rings is 1. The van der Waals surface area contributed by atoms with Crippen LogP contribution in [0.1, 0.15) is 12.5 Å². The second-order valence-electron chi connectivity index (χ2n) is 5.95. The van der Waals surface area contributed by atoms with Gasteiger partial charge in [0.1, 0.15) is 0 Å². The van der Waals surface area contributed by atoms with Gasteiger partial charge in [-0.1, -0.05) is 24.6 Å². The lowest BCUT2D eigenvalue weighted by molar-refractivity contribution is 0.233. The summed E-state index contributed by atoms with van der Waals surface area (Å²) in [7, 11) is 2.16. The van der Waals surface area contributed by atoms with E-state index in [4.69, 9.17) is 16.7 Å². The van der Waals surface area contributed by atoms with E-state index in [1.165, 1.54) is 5.69 Å². The van der Waals surface area contributed by atoms with Crippen LogP contribution in [0.2, 0.25) is 5.02 Å². The number of likely N-dealkylation sites (N-methyl/N-ethyl adjacent to an activating group) is 1. The molecule has 1 unspecified atom stereocenters. The molecule has 2 rings (SSSR count). The minimum atomic E-state index is 0.209. The highest BCUT2D eigenvalue weighted by molar-refractivity contribution is 6.31. The third-order valence-electron chi connectivity index (χ3n) is 4.04. The molecule has 0 bridgehead atoms. The Morgan fingerprint density at radius 2 is 2.00 bits per heavy atom. The maximum atomic E-state index is 9.09. The van der Waals surface area contributed by atoms with E-state index in [-0.39, 0.29) is 12.5 Å². The summed E-state index contributed by atoms with van der Waals surface area (Å²) in [5, 5.41) is 13.3. The number of rotatable bonds is 6. The Kier molecular flexibility index (Phi) is 6.30. The molecule has 0 amide bonds. The average Bonchev–Trinajstić information content (AvgIpc) is 2.49. The summed E-state index contributed by atoms with van der Waals surface area (Å²) in [5.74, 6) is 0.263. The highest BCUT2D eigenvalue weighted by Crippen LogP contribution is 2.28. The van der Waals surface area contributed by atoms with E-state index >= 15 is 0 Å². The third kappa shape index (κ3) is 4.58. The van der Waals surface area contributed by atoms with E-state index in [1.54, 1.807) is 0 Å². The molecule has 1 aliphatic heterocycles. The number of benzene rings is 1. The van der Waals surface area contributed by atoms with Crippen molar-refractivity contribution in [2.45, 2.75) is 13.5 Å². The largest absolute Gasteiger partial charge is 0.396 e. The van der Waals surface area contributed by atoms with Crippen LogP contribution >= 0.6 is 11.6 Å². The third-order valence-corrected chi connectivity index (χ3v) is 4.40. The van der Waals surface area contributed by atoms with Crippen LogP contribution in [0.5, 0.6) is 0 Å². The van der Waals surface area contributed by atoms with E-state index in [1.807, 2.05) is 19.1 Å². The van der Waals surface area contributed by atoms with Crippen molar-refractivity contribution in [3.8, 4) is 0 Å². The summed E-state index contributed by atoms with van der Waals surface area (Å²) in [6, 6.07) is 6.13. The van der Waals surface area contributed by atoms with E-state index in [2.05, 4.69) is 28.2 Å². The fourth-order valence-corrected chi connectivity index (χ4v) is 2.81.